The lowest BCUT2D eigenvalue weighted by Gasteiger charge is -2.23. The van der Waals surface area contributed by atoms with Crippen LogP contribution in [0.5, 0.6) is 0 Å². The lowest BCUT2D eigenvalue weighted by molar-refractivity contribution is 0.946. The molecule has 10 rings (SSSR count). The second kappa shape index (κ2) is 16.6. The zero-order valence-corrected chi connectivity index (χ0v) is 36.0. The van der Waals surface area contributed by atoms with Gasteiger partial charge < -0.3 is 26.0 Å². The molecular formula is C58H48N6. The Hall–Kier alpha value is -8.22. The van der Waals surface area contributed by atoms with E-state index in [9.17, 15) is 0 Å². The van der Waals surface area contributed by atoms with Crippen molar-refractivity contribution in [1.29, 1.82) is 5.41 Å². The molecule has 6 heteroatoms. The molecule has 0 saturated heterocycles. The van der Waals surface area contributed by atoms with E-state index in [1.807, 2.05) is 92.2 Å². The van der Waals surface area contributed by atoms with Crippen LogP contribution in [0.3, 0.4) is 0 Å². The maximum Gasteiger partial charge on any atom is 0.0645 e. The molecule has 1 aliphatic carbocycles. The number of fused-ring (bicyclic) bond motifs is 10. The van der Waals surface area contributed by atoms with Gasteiger partial charge in [0.25, 0.3) is 0 Å². The molecular weight excluding hydrogens is 781 g/mol. The molecule has 0 bridgehead atoms. The van der Waals surface area contributed by atoms with E-state index in [1.54, 1.807) is 6.20 Å². The summed E-state index contributed by atoms with van der Waals surface area (Å²) in [5, 5.41) is 13.6. The number of hydrogen-bond donors (Lipinski definition) is 3. The summed E-state index contributed by atoms with van der Waals surface area (Å²) in [4.78, 5) is 4.54. The number of rotatable bonds is 10. The average molecular weight is 829 g/mol. The zero-order valence-electron chi connectivity index (χ0n) is 36.0. The predicted octanol–water partition coefficient (Wildman–Crippen LogP) is 13.4. The molecule has 3 aromatic heterocycles. The minimum Gasteiger partial charge on any atom is -0.403 e. The Morgan fingerprint density at radius 1 is 0.672 bits per heavy atom. The van der Waals surface area contributed by atoms with E-state index in [2.05, 4.69) is 125 Å². The molecule has 0 atom stereocenters. The molecule has 0 unspecified atom stereocenters. The normalized spacial score (nSPS) is 13.4. The summed E-state index contributed by atoms with van der Waals surface area (Å²) in [5.74, 6) is 0. The van der Waals surface area contributed by atoms with Crippen molar-refractivity contribution in [2.75, 3.05) is 0 Å². The van der Waals surface area contributed by atoms with E-state index in [-0.39, 0.29) is 0 Å². The van der Waals surface area contributed by atoms with E-state index < -0.39 is 0 Å². The molecule has 0 radical (unpaired) electrons. The van der Waals surface area contributed by atoms with E-state index >= 15 is 0 Å². The first kappa shape index (κ1) is 39.9. The van der Waals surface area contributed by atoms with Gasteiger partial charge in [-0.15, -0.1) is 0 Å². The molecule has 5 N–H and O–H groups in total. The number of nitrogens with one attached hydrogen (secondary N) is 1. The fourth-order valence-electron chi connectivity index (χ4n) is 9.40. The van der Waals surface area contributed by atoms with Crippen molar-refractivity contribution >= 4 is 71.9 Å². The highest BCUT2D eigenvalue weighted by atomic mass is 15.0. The van der Waals surface area contributed by atoms with E-state index in [4.69, 9.17) is 16.9 Å². The highest BCUT2D eigenvalue weighted by Gasteiger charge is 2.26. The van der Waals surface area contributed by atoms with E-state index in [1.165, 1.54) is 33.2 Å². The van der Waals surface area contributed by atoms with Crippen LogP contribution in [0.2, 0.25) is 0 Å². The van der Waals surface area contributed by atoms with Crippen LogP contribution in [0.15, 0.2) is 195 Å². The fraction of sp³-hybridized carbons (Fsp3) is 0.0690. The van der Waals surface area contributed by atoms with Crippen LogP contribution < -0.4 is 11.5 Å². The number of benzene rings is 6. The molecule has 0 amide bonds. The lowest BCUT2D eigenvalue weighted by atomic mass is 9.83. The molecule has 64 heavy (non-hydrogen) atoms. The third-order valence-electron chi connectivity index (χ3n) is 12.6. The van der Waals surface area contributed by atoms with Crippen LogP contribution in [0.4, 0.5) is 0 Å². The monoisotopic (exact) mass is 828 g/mol. The van der Waals surface area contributed by atoms with Gasteiger partial charge in [-0.05, 0) is 144 Å². The maximum absolute atomic E-state index is 9.08. The van der Waals surface area contributed by atoms with E-state index in [0.717, 1.165) is 90.3 Å². The van der Waals surface area contributed by atoms with E-state index in [0.29, 0.717) is 11.4 Å². The van der Waals surface area contributed by atoms with Crippen LogP contribution in [0, 0.1) is 5.41 Å². The molecule has 0 aliphatic heterocycles. The van der Waals surface area contributed by atoms with Gasteiger partial charge in [0.2, 0.25) is 0 Å². The van der Waals surface area contributed by atoms with Crippen molar-refractivity contribution < 1.29 is 0 Å². The first-order valence-corrected chi connectivity index (χ1v) is 21.7. The van der Waals surface area contributed by atoms with Gasteiger partial charge in [0.15, 0.2) is 0 Å². The standard InChI is InChI=1S/C58H48N6/c1-4-12-44(35-59)64-56-29-22-42(53(60)26-18-37(2)39-13-7-5-8-14-39)32-50(56)48-25-24-46-47(58(48)64)23-20-41-31-52-51-33-43(54(61)27-19-38(3)40-15-9-6-10-16-40)21-28-55(51)63(57(52)34-49(41)46)45-17-11-30-62-36-45/h4-19,21-22,24-36,60H,2,20,23,59,61H2,1,3H3/b12-4-,26-18-,38-19+,44-35+,54-27-,60-53?. The lowest BCUT2D eigenvalue weighted by Crippen LogP contribution is -2.08. The van der Waals surface area contributed by atoms with Crippen molar-refractivity contribution in [3.63, 3.8) is 0 Å². The molecule has 6 nitrogen and oxygen atoms in total. The van der Waals surface area contributed by atoms with Gasteiger partial charge in [-0.2, -0.15) is 0 Å². The first-order chi connectivity index (χ1) is 31.3. The largest absolute Gasteiger partial charge is 0.403 e. The number of pyridine rings is 1. The topological polar surface area (TPSA) is 98.6 Å². The van der Waals surface area contributed by atoms with Crippen LogP contribution in [-0.4, -0.2) is 19.8 Å². The predicted molar refractivity (Wildman–Crippen MR) is 271 cm³/mol. The fourth-order valence-corrected chi connectivity index (χ4v) is 9.40. The van der Waals surface area contributed by atoms with Crippen LogP contribution in [0.25, 0.3) is 83.0 Å². The second-order valence-corrected chi connectivity index (χ2v) is 16.4. The molecule has 0 fully saturated rings. The Bertz CT molecular complexity index is 3480. The summed E-state index contributed by atoms with van der Waals surface area (Å²) in [5.41, 5.74) is 31.7. The van der Waals surface area contributed by atoms with Crippen molar-refractivity contribution in [2.45, 2.75) is 26.7 Å². The van der Waals surface area contributed by atoms with Gasteiger partial charge in [0.05, 0.1) is 45.4 Å². The number of aryl methyl sites for hydroxylation is 2. The zero-order chi connectivity index (χ0) is 43.9. The molecule has 0 spiro atoms. The number of nitrogens with zero attached hydrogens (tertiary/aromatic N) is 3. The molecule has 3 heterocycles. The minimum absolute atomic E-state index is 0.420. The Morgan fingerprint density at radius 3 is 2.14 bits per heavy atom. The van der Waals surface area contributed by atoms with Crippen molar-refractivity contribution in [3.05, 3.63) is 228 Å². The Balaban J connectivity index is 1.12. The third kappa shape index (κ3) is 6.95. The Kier molecular flexibility index (Phi) is 10.3. The SMILES string of the molecule is C=C(/C=C\C(=N)c1ccc2c(c1)c1ccc3c(c1n2C(/C=C\C)=C/N)CCc1cc2c4cc(/C(N)=C/C=C(\C)c5ccccc5)ccc4n(-c4cccnc4)c2cc1-3)c1ccccc1. The van der Waals surface area contributed by atoms with Crippen molar-refractivity contribution in [2.24, 2.45) is 11.5 Å². The summed E-state index contributed by atoms with van der Waals surface area (Å²) in [6.45, 7) is 8.37. The summed E-state index contributed by atoms with van der Waals surface area (Å²) in [6.07, 6.45) is 19.1. The van der Waals surface area contributed by atoms with Gasteiger partial charge in [-0.25, -0.2) is 0 Å². The van der Waals surface area contributed by atoms with Crippen molar-refractivity contribution in [1.82, 2.24) is 14.1 Å². The highest BCUT2D eigenvalue weighted by molar-refractivity contribution is 6.17. The third-order valence-corrected chi connectivity index (χ3v) is 12.6. The smallest absolute Gasteiger partial charge is 0.0645 e. The van der Waals surface area contributed by atoms with Gasteiger partial charge in [0, 0.05) is 45.2 Å². The van der Waals surface area contributed by atoms with Gasteiger partial charge in [0.1, 0.15) is 0 Å². The molecule has 6 aromatic carbocycles. The maximum atomic E-state index is 9.08. The van der Waals surface area contributed by atoms with Gasteiger partial charge in [-0.1, -0.05) is 110 Å². The Morgan fingerprint density at radius 2 is 1.39 bits per heavy atom. The highest BCUT2D eigenvalue weighted by Crippen LogP contribution is 2.45. The number of allylic oxidation sites excluding steroid dienone is 9. The number of hydrogen-bond acceptors (Lipinski definition) is 4. The van der Waals surface area contributed by atoms with Crippen molar-refractivity contribution in [3.8, 4) is 16.8 Å². The molecule has 9 aromatic rings. The average Bonchev–Trinajstić information content (AvgIpc) is 3.85. The van der Waals surface area contributed by atoms with Gasteiger partial charge >= 0.3 is 0 Å². The van der Waals surface area contributed by atoms with Crippen LogP contribution in [0.1, 0.15) is 47.2 Å². The molecule has 0 saturated carbocycles. The summed E-state index contributed by atoms with van der Waals surface area (Å²) in [7, 11) is 0. The molecule has 1 aliphatic rings. The van der Waals surface area contributed by atoms with Gasteiger partial charge in [-0.3, -0.25) is 4.98 Å². The summed E-state index contributed by atoms with van der Waals surface area (Å²) < 4.78 is 4.63. The number of nitrogens with two attached hydrogens (primary N) is 2. The quantitative estimate of drug-likeness (QED) is 0.0946. The van der Waals surface area contributed by atoms with Crippen LogP contribution in [-0.2, 0) is 12.8 Å². The number of aromatic nitrogens is 3. The van der Waals surface area contributed by atoms with Crippen LogP contribution >= 0.6 is 0 Å². The summed E-state index contributed by atoms with van der Waals surface area (Å²) >= 11 is 0. The first-order valence-electron chi connectivity index (χ1n) is 21.7. The summed E-state index contributed by atoms with van der Waals surface area (Å²) in [6, 6.07) is 46.7. The molecule has 310 valence electrons. The second-order valence-electron chi connectivity index (χ2n) is 16.4. The minimum atomic E-state index is 0.420. The Labute approximate surface area is 373 Å².